The molecular weight excluding hydrogens is 641 g/mol. The van der Waals surface area contributed by atoms with Crippen LogP contribution in [0.15, 0.2) is 167 Å². The second kappa shape index (κ2) is 11.2. The zero-order valence-electron chi connectivity index (χ0n) is 27.6. The van der Waals surface area contributed by atoms with E-state index in [9.17, 15) is 0 Å². The van der Waals surface area contributed by atoms with Crippen LogP contribution in [0.3, 0.4) is 0 Å². The Morgan fingerprint density at radius 3 is 1.63 bits per heavy atom. The summed E-state index contributed by atoms with van der Waals surface area (Å²) in [6, 6.07) is 53.7. The number of furan rings is 1. The second-order valence-electron chi connectivity index (χ2n) is 13.1. The molecule has 0 radical (unpaired) electrons. The summed E-state index contributed by atoms with van der Waals surface area (Å²) in [6.45, 7) is 0. The first-order valence-corrected chi connectivity index (χ1v) is 17.2. The van der Waals surface area contributed by atoms with Crippen molar-refractivity contribution in [1.82, 2.24) is 19.9 Å². The second-order valence-corrected chi connectivity index (χ2v) is 13.1. The summed E-state index contributed by atoms with van der Waals surface area (Å²) in [6.07, 6.45) is 0. The molecule has 0 N–H and O–H groups in total. The van der Waals surface area contributed by atoms with Crippen LogP contribution < -0.4 is 0 Å². The van der Waals surface area contributed by atoms with E-state index in [-0.39, 0.29) is 0 Å². The first-order chi connectivity index (χ1) is 25.7. The van der Waals surface area contributed by atoms with Crippen LogP contribution in [0.1, 0.15) is 0 Å². The van der Waals surface area contributed by atoms with E-state index < -0.39 is 0 Å². The van der Waals surface area contributed by atoms with Crippen LogP contribution in [0.4, 0.5) is 0 Å². The molecule has 0 saturated carbocycles. The number of nitrogens with zero attached hydrogens (tertiary/aromatic N) is 4. The van der Waals surface area contributed by atoms with Gasteiger partial charge in [0.15, 0.2) is 23.1 Å². The van der Waals surface area contributed by atoms with Crippen LogP contribution in [-0.4, -0.2) is 19.9 Å². The maximum atomic E-state index is 6.79. The molecule has 11 aromatic rings. The first kappa shape index (κ1) is 28.6. The standard InChI is InChI=1S/C46H26N4O2/c1-2-12-29(13-3-1)46-47-41-38(52-46)23-22-37-39(41)36-26-32-16-8-9-17-35(32)40(42(36)51-37)45-49-43(33-20-18-27-10-4-6-14-30(27)24-33)48-44(50-45)34-21-19-28-11-5-7-15-31(28)25-34/h1-26H. The van der Waals surface area contributed by atoms with E-state index in [1.54, 1.807) is 0 Å². The lowest BCUT2D eigenvalue weighted by Gasteiger charge is -2.12. The first-order valence-electron chi connectivity index (χ1n) is 17.2. The molecule has 0 saturated heterocycles. The van der Waals surface area contributed by atoms with E-state index in [1.807, 2.05) is 54.6 Å². The molecule has 3 heterocycles. The summed E-state index contributed by atoms with van der Waals surface area (Å²) >= 11 is 0. The van der Waals surface area contributed by atoms with Crippen LogP contribution in [0.25, 0.3) is 111 Å². The minimum absolute atomic E-state index is 0.531. The van der Waals surface area contributed by atoms with Crippen LogP contribution in [0.5, 0.6) is 0 Å². The predicted molar refractivity (Wildman–Crippen MR) is 209 cm³/mol. The quantitative estimate of drug-likeness (QED) is 0.186. The summed E-state index contributed by atoms with van der Waals surface area (Å²) in [5, 5.41) is 8.38. The van der Waals surface area contributed by atoms with Crippen molar-refractivity contribution in [2.24, 2.45) is 0 Å². The maximum Gasteiger partial charge on any atom is 0.227 e. The minimum Gasteiger partial charge on any atom is -0.455 e. The van der Waals surface area contributed by atoms with Gasteiger partial charge >= 0.3 is 0 Å². The van der Waals surface area contributed by atoms with Crippen molar-refractivity contribution >= 4 is 65.4 Å². The largest absolute Gasteiger partial charge is 0.455 e. The van der Waals surface area contributed by atoms with Gasteiger partial charge in [-0.05, 0) is 74.8 Å². The monoisotopic (exact) mass is 666 g/mol. The highest BCUT2D eigenvalue weighted by Crippen LogP contribution is 2.43. The fourth-order valence-corrected chi connectivity index (χ4v) is 7.38. The lowest BCUT2D eigenvalue weighted by atomic mass is 9.99. The molecule has 0 aliphatic carbocycles. The highest BCUT2D eigenvalue weighted by Gasteiger charge is 2.23. The Morgan fingerprint density at radius 1 is 0.365 bits per heavy atom. The molecule has 0 aliphatic rings. The Balaban J connectivity index is 1.21. The molecule has 52 heavy (non-hydrogen) atoms. The Kier molecular flexibility index (Phi) is 6.15. The highest BCUT2D eigenvalue weighted by molar-refractivity contribution is 6.23. The van der Waals surface area contributed by atoms with Crippen molar-refractivity contribution in [3.8, 4) is 45.6 Å². The molecule has 0 aliphatic heterocycles. The van der Waals surface area contributed by atoms with E-state index in [4.69, 9.17) is 28.8 Å². The van der Waals surface area contributed by atoms with Crippen LogP contribution >= 0.6 is 0 Å². The number of fused-ring (bicyclic) bond motifs is 8. The number of oxazole rings is 1. The van der Waals surface area contributed by atoms with Gasteiger partial charge in [0.2, 0.25) is 5.89 Å². The topological polar surface area (TPSA) is 77.8 Å². The molecule has 0 fully saturated rings. The Labute approximate surface area is 296 Å². The molecule has 0 amide bonds. The fourth-order valence-electron chi connectivity index (χ4n) is 7.38. The molecule has 0 bridgehead atoms. The van der Waals surface area contributed by atoms with Crippen molar-refractivity contribution < 1.29 is 8.83 Å². The van der Waals surface area contributed by atoms with Crippen molar-refractivity contribution in [3.63, 3.8) is 0 Å². The molecule has 242 valence electrons. The summed E-state index contributed by atoms with van der Waals surface area (Å²) in [4.78, 5) is 20.6. The van der Waals surface area contributed by atoms with E-state index in [0.29, 0.717) is 40.1 Å². The normalized spacial score (nSPS) is 11.8. The van der Waals surface area contributed by atoms with Gasteiger partial charge in [-0.25, -0.2) is 19.9 Å². The Hall–Kier alpha value is -7.18. The van der Waals surface area contributed by atoms with Gasteiger partial charge in [0.05, 0.1) is 10.9 Å². The van der Waals surface area contributed by atoms with Gasteiger partial charge < -0.3 is 8.83 Å². The van der Waals surface area contributed by atoms with E-state index in [0.717, 1.165) is 70.9 Å². The summed E-state index contributed by atoms with van der Waals surface area (Å²) < 4.78 is 13.1. The number of benzene rings is 8. The Bertz CT molecular complexity index is 3100. The van der Waals surface area contributed by atoms with Crippen molar-refractivity contribution in [3.05, 3.63) is 158 Å². The third-order valence-electron chi connectivity index (χ3n) is 9.90. The minimum atomic E-state index is 0.531. The third-order valence-corrected chi connectivity index (χ3v) is 9.90. The van der Waals surface area contributed by atoms with Gasteiger partial charge in [0.1, 0.15) is 16.7 Å². The molecule has 0 spiro atoms. The molecule has 0 unspecified atom stereocenters. The van der Waals surface area contributed by atoms with Crippen molar-refractivity contribution in [2.75, 3.05) is 0 Å². The van der Waals surface area contributed by atoms with Gasteiger partial charge in [-0.15, -0.1) is 0 Å². The van der Waals surface area contributed by atoms with Gasteiger partial charge in [0, 0.05) is 22.1 Å². The molecular formula is C46H26N4O2. The zero-order valence-corrected chi connectivity index (χ0v) is 27.6. The van der Waals surface area contributed by atoms with Crippen molar-refractivity contribution in [1.29, 1.82) is 0 Å². The smallest absolute Gasteiger partial charge is 0.227 e. The number of aromatic nitrogens is 4. The summed E-state index contributed by atoms with van der Waals surface area (Å²) in [5.74, 6) is 2.27. The van der Waals surface area contributed by atoms with Crippen LogP contribution in [0.2, 0.25) is 0 Å². The van der Waals surface area contributed by atoms with E-state index in [1.165, 1.54) is 0 Å². The average molecular weight is 667 g/mol. The predicted octanol–water partition coefficient (Wildman–Crippen LogP) is 12.0. The van der Waals surface area contributed by atoms with Crippen molar-refractivity contribution in [2.45, 2.75) is 0 Å². The highest BCUT2D eigenvalue weighted by atomic mass is 16.4. The molecule has 0 atom stereocenters. The molecule has 8 aromatic carbocycles. The van der Waals surface area contributed by atoms with Gasteiger partial charge in [-0.1, -0.05) is 115 Å². The lowest BCUT2D eigenvalue weighted by molar-refractivity contribution is 0.619. The van der Waals surface area contributed by atoms with E-state index >= 15 is 0 Å². The van der Waals surface area contributed by atoms with Crippen LogP contribution in [-0.2, 0) is 0 Å². The summed E-state index contributed by atoms with van der Waals surface area (Å²) in [7, 11) is 0. The zero-order chi connectivity index (χ0) is 34.2. The fraction of sp³-hybridized carbons (Fsp3) is 0. The van der Waals surface area contributed by atoms with Gasteiger partial charge in [-0.2, -0.15) is 0 Å². The molecule has 3 aromatic heterocycles. The molecule has 6 heteroatoms. The third kappa shape index (κ3) is 4.51. The van der Waals surface area contributed by atoms with E-state index in [2.05, 4.69) is 103 Å². The number of hydrogen-bond donors (Lipinski definition) is 0. The maximum absolute atomic E-state index is 6.79. The van der Waals surface area contributed by atoms with Gasteiger partial charge in [0.25, 0.3) is 0 Å². The Morgan fingerprint density at radius 2 is 0.942 bits per heavy atom. The number of rotatable bonds is 4. The average Bonchev–Trinajstić information content (AvgIpc) is 3.81. The molecule has 6 nitrogen and oxygen atoms in total. The SMILES string of the molecule is c1ccc(-c2nc3c(ccc4oc5c(-c6nc(-c7ccc8ccccc8c7)nc(-c7ccc8ccccc8c7)n6)c6ccccc6cc5c43)o2)cc1. The number of hydrogen-bond acceptors (Lipinski definition) is 6. The molecule has 11 rings (SSSR count). The summed E-state index contributed by atoms with van der Waals surface area (Å²) in [5.41, 5.74) is 6.37. The lowest BCUT2D eigenvalue weighted by Crippen LogP contribution is -2.01. The van der Waals surface area contributed by atoms with Crippen LogP contribution in [0, 0.1) is 0 Å². The van der Waals surface area contributed by atoms with Gasteiger partial charge in [-0.3, -0.25) is 0 Å².